The number of carbonyl (C=O) groups excluding carboxylic acids is 1. The molecular formula is C18H11ClO. The average molecular weight is 279 g/mol. The van der Waals surface area contributed by atoms with Crippen LogP contribution in [0, 0.1) is 0 Å². The van der Waals surface area contributed by atoms with Crippen molar-refractivity contribution in [2.45, 2.75) is 6.42 Å². The fourth-order valence-electron chi connectivity index (χ4n) is 3.10. The molecule has 0 aliphatic heterocycles. The number of benzene rings is 4. The minimum absolute atomic E-state index is 0.274. The van der Waals surface area contributed by atoms with Crippen LogP contribution in [0.25, 0.3) is 32.3 Å². The lowest BCUT2D eigenvalue weighted by atomic mass is 9.91. The van der Waals surface area contributed by atoms with Crippen molar-refractivity contribution in [3.05, 3.63) is 60.2 Å². The Morgan fingerprint density at radius 3 is 2.10 bits per heavy atom. The molecule has 20 heavy (non-hydrogen) atoms. The van der Waals surface area contributed by atoms with Crippen LogP contribution in [0.1, 0.15) is 5.56 Å². The normalized spacial score (nSPS) is 11.7. The van der Waals surface area contributed by atoms with E-state index in [9.17, 15) is 4.79 Å². The summed E-state index contributed by atoms with van der Waals surface area (Å²) < 4.78 is 0. The van der Waals surface area contributed by atoms with Crippen LogP contribution >= 0.6 is 11.6 Å². The number of hydrogen-bond donors (Lipinski definition) is 0. The van der Waals surface area contributed by atoms with Crippen molar-refractivity contribution >= 4 is 49.2 Å². The molecule has 0 aliphatic rings. The monoisotopic (exact) mass is 278 g/mol. The summed E-state index contributed by atoms with van der Waals surface area (Å²) in [7, 11) is 0. The van der Waals surface area contributed by atoms with Gasteiger partial charge in [-0.15, -0.1) is 0 Å². The minimum Gasteiger partial charge on any atom is -0.281 e. The van der Waals surface area contributed by atoms with Crippen molar-refractivity contribution in [2.24, 2.45) is 0 Å². The van der Waals surface area contributed by atoms with E-state index in [1.54, 1.807) is 0 Å². The van der Waals surface area contributed by atoms with E-state index >= 15 is 0 Å². The van der Waals surface area contributed by atoms with E-state index in [4.69, 9.17) is 11.6 Å². The molecule has 0 fully saturated rings. The van der Waals surface area contributed by atoms with Gasteiger partial charge in [-0.3, -0.25) is 4.79 Å². The van der Waals surface area contributed by atoms with Crippen LogP contribution in [0.15, 0.2) is 54.6 Å². The molecule has 0 atom stereocenters. The summed E-state index contributed by atoms with van der Waals surface area (Å²) in [5, 5.41) is 6.98. The second kappa shape index (κ2) is 4.19. The van der Waals surface area contributed by atoms with Gasteiger partial charge in [-0.1, -0.05) is 54.6 Å². The summed E-state index contributed by atoms with van der Waals surface area (Å²) >= 11 is 5.56. The first kappa shape index (κ1) is 11.7. The summed E-state index contributed by atoms with van der Waals surface area (Å²) in [6.07, 6.45) is 0.274. The van der Waals surface area contributed by atoms with E-state index in [0.29, 0.717) is 0 Å². The van der Waals surface area contributed by atoms with Gasteiger partial charge in [-0.25, -0.2) is 0 Å². The largest absolute Gasteiger partial charge is 0.281 e. The van der Waals surface area contributed by atoms with Gasteiger partial charge in [0.15, 0.2) is 0 Å². The summed E-state index contributed by atoms with van der Waals surface area (Å²) in [6, 6.07) is 18.9. The van der Waals surface area contributed by atoms with Crippen molar-refractivity contribution in [2.75, 3.05) is 0 Å². The maximum atomic E-state index is 11.2. The second-order valence-corrected chi connectivity index (χ2v) is 5.53. The van der Waals surface area contributed by atoms with Gasteiger partial charge in [0.25, 0.3) is 0 Å². The molecule has 0 saturated heterocycles. The van der Waals surface area contributed by atoms with Gasteiger partial charge < -0.3 is 0 Å². The van der Waals surface area contributed by atoms with Crippen LogP contribution in [0.3, 0.4) is 0 Å². The van der Waals surface area contributed by atoms with E-state index in [2.05, 4.69) is 48.5 Å². The van der Waals surface area contributed by atoms with Crippen LogP contribution in [0.4, 0.5) is 0 Å². The van der Waals surface area contributed by atoms with Gasteiger partial charge in [0, 0.05) is 6.42 Å². The molecule has 0 N–H and O–H groups in total. The smallest absolute Gasteiger partial charge is 0.226 e. The molecule has 0 bridgehead atoms. The fraction of sp³-hybridized carbons (Fsp3) is 0.0556. The molecule has 0 heterocycles. The minimum atomic E-state index is -0.319. The molecule has 2 heteroatoms. The molecule has 4 rings (SSSR count). The van der Waals surface area contributed by atoms with Crippen LogP contribution in [-0.2, 0) is 11.2 Å². The first-order valence-electron chi connectivity index (χ1n) is 6.58. The van der Waals surface area contributed by atoms with Crippen molar-refractivity contribution < 1.29 is 4.79 Å². The Bertz CT molecular complexity index is 940. The van der Waals surface area contributed by atoms with E-state index in [1.807, 2.05) is 6.07 Å². The lowest BCUT2D eigenvalue weighted by Gasteiger charge is -2.13. The van der Waals surface area contributed by atoms with Gasteiger partial charge in [-0.05, 0) is 49.5 Å². The van der Waals surface area contributed by atoms with Crippen molar-refractivity contribution in [1.82, 2.24) is 0 Å². The first-order valence-corrected chi connectivity index (χ1v) is 6.95. The van der Waals surface area contributed by atoms with Crippen molar-refractivity contribution in [3.8, 4) is 0 Å². The zero-order valence-electron chi connectivity index (χ0n) is 10.7. The highest BCUT2D eigenvalue weighted by molar-refractivity contribution is 6.63. The maximum Gasteiger partial charge on any atom is 0.226 e. The zero-order valence-corrected chi connectivity index (χ0v) is 11.4. The Balaban J connectivity index is 2.23. The molecule has 0 aliphatic carbocycles. The standard InChI is InChI=1S/C18H11ClO/c19-16(20)10-14-7-6-13-5-4-11-2-1-3-12-8-9-15(14)18(13)17(11)12/h1-9H,10H2. The average Bonchev–Trinajstić information content (AvgIpc) is 2.46. The molecule has 0 amide bonds. The van der Waals surface area contributed by atoms with Crippen LogP contribution in [-0.4, -0.2) is 5.24 Å². The van der Waals surface area contributed by atoms with E-state index in [0.717, 1.165) is 10.9 Å². The third kappa shape index (κ3) is 1.60. The van der Waals surface area contributed by atoms with Crippen molar-refractivity contribution in [3.63, 3.8) is 0 Å². The lowest BCUT2D eigenvalue weighted by molar-refractivity contribution is -0.111. The molecule has 4 aromatic carbocycles. The van der Waals surface area contributed by atoms with E-state index in [1.165, 1.54) is 26.9 Å². The van der Waals surface area contributed by atoms with Gasteiger partial charge in [-0.2, -0.15) is 0 Å². The zero-order chi connectivity index (χ0) is 13.7. The van der Waals surface area contributed by atoms with Crippen molar-refractivity contribution in [1.29, 1.82) is 0 Å². The number of hydrogen-bond acceptors (Lipinski definition) is 1. The molecule has 0 aromatic heterocycles. The Morgan fingerprint density at radius 2 is 1.40 bits per heavy atom. The van der Waals surface area contributed by atoms with Gasteiger partial charge in [0.1, 0.15) is 0 Å². The van der Waals surface area contributed by atoms with Gasteiger partial charge in [0.05, 0.1) is 0 Å². The molecule has 96 valence electrons. The Kier molecular flexibility index (Phi) is 2.45. The Hall–Kier alpha value is -2.12. The third-order valence-electron chi connectivity index (χ3n) is 3.95. The predicted octanol–water partition coefficient (Wildman–Crippen LogP) is 4.89. The SMILES string of the molecule is O=C(Cl)Cc1ccc2ccc3cccc4ccc1c2c34. The summed E-state index contributed by atoms with van der Waals surface area (Å²) in [5.41, 5.74) is 0.996. The quantitative estimate of drug-likeness (QED) is 0.377. The number of carbonyl (C=O) groups is 1. The fourth-order valence-corrected chi connectivity index (χ4v) is 3.24. The molecular weight excluding hydrogens is 268 g/mol. The van der Waals surface area contributed by atoms with Gasteiger partial charge in [0.2, 0.25) is 5.24 Å². The second-order valence-electron chi connectivity index (χ2n) is 5.11. The number of halogens is 1. The Labute approximate surface area is 121 Å². The molecule has 4 aromatic rings. The van der Waals surface area contributed by atoms with Crippen LogP contribution < -0.4 is 0 Å². The highest BCUT2D eigenvalue weighted by Gasteiger charge is 2.11. The predicted molar refractivity (Wildman–Crippen MR) is 84.7 cm³/mol. The van der Waals surface area contributed by atoms with Crippen LogP contribution in [0.2, 0.25) is 0 Å². The van der Waals surface area contributed by atoms with Crippen LogP contribution in [0.5, 0.6) is 0 Å². The molecule has 0 unspecified atom stereocenters. The molecule has 1 nitrogen and oxygen atoms in total. The highest BCUT2D eigenvalue weighted by atomic mass is 35.5. The molecule has 0 radical (unpaired) electrons. The molecule has 0 spiro atoms. The topological polar surface area (TPSA) is 17.1 Å². The lowest BCUT2D eigenvalue weighted by Crippen LogP contribution is -1.95. The Morgan fingerprint density at radius 1 is 0.800 bits per heavy atom. The number of rotatable bonds is 2. The van der Waals surface area contributed by atoms with E-state index in [-0.39, 0.29) is 11.7 Å². The summed E-state index contributed by atoms with van der Waals surface area (Å²) in [6.45, 7) is 0. The highest BCUT2D eigenvalue weighted by Crippen LogP contribution is 2.36. The third-order valence-corrected chi connectivity index (χ3v) is 4.08. The van der Waals surface area contributed by atoms with Gasteiger partial charge >= 0.3 is 0 Å². The molecule has 0 saturated carbocycles. The summed E-state index contributed by atoms with van der Waals surface area (Å²) in [4.78, 5) is 11.2. The van der Waals surface area contributed by atoms with E-state index < -0.39 is 0 Å². The summed E-state index contributed by atoms with van der Waals surface area (Å²) in [5.74, 6) is 0. The first-order chi connectivity index (χ1) is 9.74. The maximum absolute atomic E-state index is 11.2.